The maximum absolute atomic E-state index is 6.35. The molecule has 0 spiro atoms. The predicted octanol–water partition coefficient (Wildman–Crippen LogP) is 2.74. The van der Waals surface area contributed by atoms with E-state index in [-0.39, 0.29) is 0 Å². The first-order valence-corrected chi connectivity index (χ1v) is 8.70. The fourth-order valence-corrected chi connectivity index (χ4v) is 3.69. The van der Waals surface area contributed by atoms with E-state index < -0.39 is 0 Å². The molecule has 7 heteroatoms. The summed E-state index contributed by atoms with van der Waals surface area (Å²) in [6.45, 7) is 1.97. The van der Waals surface area contributed by atoms with Crippen LogP contribution in [0.15, 0.2) is 30.7 Å². The number of hydrogen-bond acceptors (Lipinski definition) is 6. The molecule has 1 fully saturated rings. The molecule has 0 unspecified atom stereocenters. The Hall–Kier alpha value is -2.67. The highest BCUT2D eigenvalue weighted by Gasteiger charge is 2.27. The second-order valence-corrected chi connectivity index (χ2v) is 6.79. The van der Waals surface area contributed by atoms with Crippen LogP contribution in [0.2, 0.25) is 0 Å². The summed E-state index contributed by atoms with van der Waals surface area (Å²) in [6.07, 6.45) is 9.42. The van der Waals surface area contributed by atoms with E-state index in [4.69, 9.17) is 11.5 Å². The Kier molecular flexibility index (Phi) is 4.01. The summed E-state index contributed by atoms with van der Waals surface area (Å²) < 4.78 is 1.73. The van der Waals surface area contributed by atoms with E-state index in [1.54, 1.807) is 16.9 Å². The van der Waals surface area contributed by atoms with Crippen LogP contribution >= 0.6 is 0 Å². The summed E-state index contributed by atoms with van der Waals surface area (Å²) in [5.41, 5.74) is 17.1. The molecular weight excluding hydrogens is 314 g/mol. The summed E-state index contributed by atoms with van der Waals surface area (Å²) >= 11 is 0. The number of nitrogens with two attached hydrogens (primary N) is 2. The maximum Gasteiger partial charge on any atom is 0.177 e. The number of aromatic nitrogens is 4. The molecule has 4 rings (SSSR count). The summed E-state index contributed by atoms with van der Waals surface area (Å²) in [6, 6.07) is 4.25. The maximum atomic E-state index is 6.35. The van der Waals surface area contributed by atoms with Gasteiger partial charge in [-0.1, -0.05) is 0 Å². The summed E-state index contributed by atoms with van der Waals surface area (Å²) in [5, 5.41) is 8.02. The monoisotopic (exact) mass is 337 g/mol. The molecule has 3 aromatic heterocycles. The first-order chi connectivity index (χ1) is 12.1. The van der Waals surface area contributed by atoms with Gasteiger partial charge in [0.15, 0.2) is 5.65 Å². The lowest BCUT2D eigenvalue weighted by Gasteiger charge is -2.28. The van der Waals surface area contributed by atoms with Gasteiger partial charge in [0.2, 0.25) is 0 Å². The Balaban J connectivity index is 1.82. The van der Waals surface area contributed by atoms with E-state index in [0.717, 1.165) is 54.0 Å². The van der Waals surface area contributed by atoms with Gasteiger partial charge >= 0.3 is 0 Å². The lowest BCUT2D eigenvalue weighted by molar-refractivity contribution is 0.396. The lowest BCUT2D eigenvalue weighted by atomic mass is 9.81. The Morgan fingerprint density at radius 1 is 1.16 bits per heavy atom. The minimum absolute atomic E-state index is 0.292. The molecule has 130 valence electrons. The van der Waals surface area contributed by atoms with Crippen molar-refractivity contribution in [2.75, 3.05) is 11.1 Å². The Morgan fingerprint density at radius 3 is 2.72 bits per heavy atom. The molecule has 7 nitrogen and oxygen atoms in total. The molecular formula is C18H23N7. The third-order valence-corrected chi connectivity index (χ3v) is 4.95. The molecule has 0 saturated heterocycles. The number of nitrogen functional groups attached to an aromatic ring is 1. The van der Waals surface area contributed by atoms with Gasteiger partial charge in [0.25, 0.3) is 0 Å². The smallest absolute Gasteiger partial charge is 0.177 e. The Bertz CT molecular complexity index is 894. The van der Waals surface area contributed by atoms with Crippen molar-refractivity contribution in [2.45, 2.75) is 44.6 Å². The average Bonchev–Trinajstić information content (AvgIpc) is 3.04. The predicted molar refractivity (Wildman–Crippen MR) is 98.8 cm³/mol. The van der Waals surface area contributed by atoms with E-state index in [1.807, 2.05) is 25.3 Å². The standard InChI is InChI=1S/C18H23N7/c1-11-10-14(6-7-21-11)23-16-15(12-2-4-13(19)5-3-12)17(20)24-25-9-8-22-18(16)25/h6-10,12-13H,2-5,19H2,1H3,(H2,20,24)(H,21,23)/t12-,13-. The number of imidazole rings is 1. The van der Waals surface area contributed by atoms with Crippen LogP contribution in [0.1, 0.15) is 42.9 Å². The van der Waals surface area contributed by atoms with Gasteiger partial charge in [-0.05, 0) is 50.7 Å². The van der Waals surface area contributed by atoms with E-state index in [9.17, 15) is 0 Å². The molecule has 0 amide bonds. The molecule has 3 aromatic rings. The van der Waals surface area contributed by atoms with Crippen LogP contribution in [0.3, 0.4) is 0 Å². The lowest BCUT2D eigenvalue weighted by Crippen LogP contribution is -2.26. The van der Waals surface area contributed by atoms with E-state index >= 15 is 0 Å². The molecule has 0 radical (unpaired) electrons. The van der Waals surface area contributed by atoms with E-state index in [2.05, 4.69) is 20.4 Å². The zero-order chi connectivity index (χ0) is 17.4. The number of nitrogens with zero attached hydrogens (tertiary/aromatic N) is 4. The number of pyridine rings is 1. The third kappa shape index (κ3) is 3.02. The Morgan fingerprint density at radius 2 is 1.96 bits per heavy atom. The molecule has 25 heavy (non-hydrogen) atoms. The van der Waals surface area contributed by atoms with Crippen LogP contribution in [-0.2, 0) is 0 Å². The van der Waals surface area contributed by atoms with Crippen molar-refractivity contribution in [2.24, 2.45) is 5.73 Å². The molecule has 1 aliphatic carbocycles. The highest BCUT2D eigenvalue weighted by molar-refractivity contribution is 5.80. The van der Waals surface area contributed by atoms with Gasteiger partial charge in [-0.3, -0.25) is 4.98 Å². The molecule has 0 aromatic carbocycles. The normalized spacial score (nSPS) is 20.7. The summed E-state index contributed by atoms with van der Waals surface area (Å²) in [7, 11) is 0. The van der Waals surface area contributed by atoms with Crippen molar-refractivity contribution < 1.29 is 0 Å². The van der Waals surface area contributed by atoms with Gasteiger partial charge in [0.1, 0.15) is 5.82 Å². The second kappa shape index (κ2) is 6.33. The number of hydrogen-bond donors (Lipinski definition) is 3. The highest BCUT2D eigenvalue weighted by atomic mass is 15.3. The van der Waals surface area contributed by atoms with Crippen molar-refractivity contribution in [3.63, 3.8) is 0 Å². The zero-order valence-corrected chi connectivity index (χ0v) is 14.3. The van der Waals surface area contributed by atoms with Crippen molar-refractivity contribution in [3.05, 3.63) is 42.0 Å². The number of aryl methyl sites for hydroxylation is 1. The van der Waals surface area contributed by atoms with E-state index in [0.29, 0.717) is 17.8 Å². The SMILES string of the molecule is Cc1cc(Nc2c3nccn3nc(N)c2[C@H]2CC[C@H](N)CC2)ccn1. The van der Waals surface area contributed by atoms with Crippen LogP contribution in [-0.4, -0.2) is 25.6 Å². The molecule has 0 aliphatic heterocycles. The van der Waals surface area contributed by atoms with Crippen molar-refractivity contribution >= 4 is 22.8 Å². The van der Waals surface area contributed by atoms with Crippen LogP contribution in [0.5, 0.6) is 0 Å². The van der Waals surface area contributed by atoms with Crippen LogP contribution in [0.25, 0.3) is 5.65 Å². The van der Waals surface area contributed by atoms with Gasteiger partial charge in [0.05, 0.1) is 5.69 Å². The fraction of sp³-hybridized carbons (Fsp3) is 0.389. The minimum atomic E-state index is 0.292. The van der Waals surface area contributed by atoms with Crippen LogP contribution in [0.4, 0.5) is 17.2 Å². The van der Waals surface area contributed by atoms with Crippen molar-refractivity contribution in [1.82, 2.24) is 19.6 Å². The number of rotatable bonds is 3. The second-order valence-electron chi connectivity index (χ2n) is 6.79. The van der Waals surface area contributed by atoms with Crippen LogP contribution < -0.4 is 16.8 Å². The quantitative estimate of drug-likeness (QED) is 0.678. The highest BCUT2D eigenvalue weighted by Crippen LogP contribution is 2.41. The van der Waals surface area contributed by atoms with Gasteiger partial charge in [-0.25, -0.2) is 9.50 Å². The average molecular weight is 337 g/mol. The van der Waals surface area contributed by atoms with E-state index in [1.165, 1.54) is 0 Å². The number of nitrogens with one attached hydrogen (secondary N) is 1. The van der Waals surface area contributed by atoms with Gasteiger partial charge in [0, 0.05) is 41.6 Å². The first kappa shape index (κ1) is 15.8. The zero-order valence-electron chi connectivity index (χ0n) is 14.3. The molecule has 1 aliphatic rings. The van der Waals surface area contributed by atoms with Gasteiger partial charge in [-0.2, -0.15) is 0 Å². The number of fused-ring (bicyclic) bond motifs is 1. The third-order valence-electron chi connectivity index (χ3n) is 4.95. The minimum Gasteiger partial charge on any atom is -0.382 e. The fourth-order valence-electron chi connectivity index (χ4n) is 3.69. The molecule has 1 saturated carbocycles. The first-order valence-electron chi connectivity index (χ1n) is 8.70. The van der Waals surface area contributed by atoms with Crippen LogP contribution in [0, 0.1) is 6.92 Å². The molecule has 0 bridgehead atoms. The molecule has 3 heterocycles. The summed E-state index contributed by atoms with van der Waals surface area (Å²) in [5.74, 6) is 0.902. The topological polar surface area (TPSA) is 107 Å². The van der Waals surface area contributed by atoms with Gasteiger partial charge < -0.3 is 16.8 Å². The summed E-state index contributed by atoms with van der Waals surface area (Å²) in [4.78, 5) is 8.75. The van der Waals surface area contributed by atoms with Crippen molar-refractivity contribution in [1.29, 1.82) is 0 Å². The molecule has 0 atom stereocenters. The Labute approximate surface area is 146 Å². The molecule has 5 N–H and O–H groups in total. The number of anilines is 3. The largest absolute Gasteiger partial charge is 0.382 e. The van der Waals surface area contributed by atoms with Crippen molar-refractivity contribution in [3.8, 4) is 0 Å². The van der Waals surface area contributed by atoms with Gasteiger partial charge in [-0.15, -0.1) is 5.10 Å².